The van der Waals surface area contributed by atoms with E-state index in [1.54, 1.807) is 22.4 Å². The quantitative estimate of drug-likeness (QED) is 0.214. The zero-order valence-corrected chi connectivity index (χ0v) is 27.8. The highest BCUT2D eigenvalue weighted by molar-refractivity contribution is 7.18. The van der Waals surface area contributed by atoms with E-state index in [4.69, 9.17) is 10.5 Å². The van der Waals surface area contributed by atoms with Gasteiger partial charge in [-0.05, 0) is 90.5 Å². The highest BCUT2D eigenvalue weighted by Crippen LogP contribution is 2.43. The molecule has 2 saturated heterocycles. The number of primary amides is 1. The van der Waals surface area contributed by atoms with E-state index in [1.807, 2.05) is 27.0 Å². The molecule has 2 unspecified atom stereocenters. The van der Waals surface area contributed by atoms with Crippen LogP contribution in [0, 0.1) is 0 Å². The molecule has 2 amide bonds. The summed E-state index contributed by atoms with van der Waals surface area (Å²) >= 11 is 1.68. The molecule has 11 heteroatoms. The number of benzene rings is 1. The molecule has 0 spiro atoms. The summed E-state index contributed by atoms with van der Waals surface area (Å²) in [5.41, 5.74) is 8.19. The zero-order chi connectivity index (χ0) is 32.1. The first kappa shape index (κ1) is 31.0. The molecule has 5 heterocycles. The fourth-order valence-electron chi connectivity index (χ4n) is 6.70. The molecule has 0 saturated carbocycles. The molecule has 0 aliphatic carbocycles. The van der Waals surface area contributed by atoms with Gasteiger partial charge in [-0.3, -0.25) is 14.6 Å². The molecule has 2 aliphatic rings. The summed E-state index contributed by atoms with van der Waals surface area (Å²) in [4.78, 5) is 48.1. The van der Waals surface area contributed by atoms with Gasteiger partial charge in [0, 0.05) is 23.5 Å². The zero-order valence-electron chi connectivity index (χ0n) is 26.9. The minimum atomic E-state index is -0.942. The third-order valence-corrected chi connectivity index (χ3v) is 9.88. The van der Waals surface area contributed by atoms with Gasteiger partial charge in [0.25, 0.3) is 0 Å². The lowest BCUT2D eigenvalue weighted by molar-refractivity contribution is -0.133. The van der Waals surface area contributed by atoms with Crippen LogP contribution in [0.25, 0.3) is 32.3 Å². The number of amides is 2. The second kappa shape index (κ2) is 11.4. The largest absolute Gasteiger partial charge is 0.444 e. The summed E-state index contributed by atoms with van der Waals surface area (Å²) in [6.07, 6.45) is 6.64. The second-order valence-corrected chi connectivity index (χ2v) is 15.1. The lowest BCUT2D eigenvalue weighted by Crippen LogP contribution is -2.58. The van der Waals surface area contributed by atoms with E-state index in [9.17, 15) is 9.59 Å². The Morgan fingerprint density at radius 1 is 0.911 bits per heavy atom. The van der Waals surface area contributed by atoms with E-state index >= 15 is 0 Å². The van der Waals surface area contributed by atoms with Crippen molar-refractivity contribution in [3.63, 3.8) is 0 Å². The number of hydrogen-bond acceptors (Lipinski definition) is 7. The number of carbonyl (C=O) groups excluding carboxylic acids is 2. The van der Waals surface area contributed by atoms with Crippen molar-refractivity contribution >= 4 is 23.3 Å². The van der Waals surface area contributed by atoms with Crippen LogP contribution in [0.2, 0.25) is 0 Å². The van der Waals surface area contributed by atoms with Crippen molar-refractivity contribution in [1.82, 2.24) is 29.7 Å². The monoisotopic (exact) mass is 629 g/mol. The van der Waals surface area contributed by atoms with Gasteiger partial charge in [-0.25, -0.2) is 14.8 Å². The summed E-state index contributed by atoms with van der Waals surface area (Å²) in [7, 11) is 0. The second-order valence-electron chi connectivity index (χ2n) is 14.1. The number of aromatic nitrogens is 4. The summed E-state index contributed by atoms with van der Waals surface area (Å²) in [5, 5.41) is 0. The van der Waals surface area contributed by atoms with Crippen LogP contribution in [0.15, 0.2) is 48.8 Å². The van der Waals surface area contributed by atoms with Crippen LogP contribution >= 0.6 is 11.3 Å². The highest BCUT2D eigenvalue weighted by atomic mass is 32.1. The molecule has 1 aromatic carbocycles. The number of nitrogens with zero attached hydrogens (tertiary/aromatic N) is 4. The number of aromatic amines is 2. The Balaban J connectivity index is 1.18. The van der Waals surface area contributed by atoms with Gasteiger partial charge in [0.2, 0.25) is 5.91 Å². The van der Waals surface area contributed by atoms with Crippen LogP contribution in [-0.2, 0) is 15.1 Å². The molecular weight excluding hydrogens is 586 g/mol. The lowest BCUT2D eigenvalue weighted by Gasteiger charge is -2.43. The van der Waals surface area contributed by atoms with Crippen LogP contribution < -0.4 is 5.73 Å². The van der Waals surface area contributed by atoms with Crippen LogP contribution in [0.5, 0.6) is 0 Å². The maximum atomic E-state index is 12.9. The van der Waals surface area contributed by atoms with Crippen LogP contribution in [-0.4, -0.2) is 66.0 Å². The summed E-state index contributed by atoms with van der Waals surface area (Å²) < 4.78 is 5.63. The van der Waals surface area contributed by atoms with E-state index in [-0.39, 0.29) is 23.6 Å². The van der Waals surface area contributed by atoms with Gasteiger partial charge >= 0.3 is 6.09 Å². The number of carbonyl (C=O) groups is 2. The Morgan fingerprint density at radius 2 is 1.60 bits per heavy atom. The molecular formula is C34H43N7O3S. The first-order chi connectivity index (χ1) is 21.3. The Morgan fingerprint density at radius 3 is 2.29 bits per heavy atom. The van der Waals surface area contributed by atoms with E-state index < -0.39 is 11.1 Å². The third kappa shape index (κ3) is 5.91. The van der Waals surface area contributed by atoms with Gasteiger partial charge in [0.15, 0.2) is 5.54 Å². The maximum Gasteiger partial charge on any atom is 0.410 e. The van der Waals surface area contributed by atoms with Crippen molar-refractivity contribution in [2.45, 2.75) is 89.9 Å². The van der Waals surface area contributed by atoms with Gasteiger partial charge in [-0.1, -0.05) is 24.3 Å². The highest BCUT2D eigenvalue weighted by Gasteiger charge is 2.53. The number of H-pyrrole nitrogens is 2. The number of hydrogen-bond donors (Lipinski definition) is 3. The fourth-order valence-corrected chi connectivity index (χ4v) is 7.67. The molecule has 2 aliphatic heterocycles. The van der Waals surface area contributed by atoms with Crippen molar-refractivity contribution in [2.75, 3.05) is 13.1 Å². The van der Waals surface area contributed by atoms with Crippen molar-refractivity contribution in [3.05, 3.63) is 60.4 Å². The van der Waals surface area contributed by atoms with Gasteiger partial charge in [0.05, 0.1) is 34.7 Å². The third-order valence-electron chi connectivity index (χ3n) is 8.71. The molecule has 2 fully saturated rings. The first-order valence-electron chi connectivity index (χ1n) is 15.6. The molecule has 6 rings (SSSR count). The molecule has 10 nitrogen and oxygen atoms in total. The predicted molar refractivity (Wildman–Crippen MR) is 176 cm³/mol. The van der Waals surface area contributed by atoms with Crippen molar-refractivity contribution in [1.29, 1.82) is 0 Å². The van der Waals surface area contributed by atoms with Crippen molar-refractivity contribution in [2.24, 2.45) is 5.73 Å². The molecule has 0 radical (unpaired) electrons. The normalized spacial score (nSPS) is 21.0. The Labute approximate surface area is 268 Å². The standard InChI is InChI=1S/C34H43N7O3S/c1-32(2,3)41-18-8-16-34(41,29(35)42)30-37-19-23(39-30)21-10-12-22(13-11-21)26-14-15-27(45-26)24-20-36-28(38-24)25-9-7-17-40(25)31(43)44-33(4,5)6/h10-15,19-20,25H,7-9,16-18H2,1-6H3,(H2,35,42)(H,36,38)(H,37,39). The minimum absolute atomic E-state index is 0.119. The SMILES string of the molecule is CC(C)(C)OC(=O)N1CCCC1c1ncc(-c2ccc(-c3ccc(-c4cnc(C5(C(N)=O)CCCN5C(C)(C)C)[nH]4)cc3)s2)[nH]1. The summed E-state index contributed by atoms with van der Waals surface area (Å²) in [6.45, 7) is 13.4. The number of imidazole rings is 2. The van der Waals surface area contributed by atoms with E-state index in [0.29, 0.717) is 18.8 Å². The lowest BCUT2D eigenvalue weighted by atomic mass is 9.90. The van der Waals surface area contributed by atoms with Gasteiger partial charge < -0.3 is 20.4 Å². The van der Waals surface area contributed by atoms with E-state index in [1.165, 1.54) is 0 Å². The summed E-state index contributed by atoms with van der Waals surface area (Å²) in [5.74, 6) is 1.02. The summed E-state index contributed by atoms with van der Waals surface area (Å²) in [6, 6.07) is 12.4. The smallest absolute Gasteiger partial charge is 0.410 e. The molecule has 238 valence electrons. The Bertz CT molecular complexity index is 1690. The van der Waals surface area contributed by atoms with E-state index in [0.717, 1.165) is 63.9 Å². The molecule has 4 N–H and O–H groups in total. The molecule has 0 bridgehead atoms. The van der Waals surface area contributed by atoms with Gasteiger partial charge in [-0.2, -0.15) is 0 Å². The van der Waals surface area contributed by atoms with Crippen molar-refractivity contribution < 1.29 is 14.3 Å². The number of thiophene rings is 1. The minimum Gasteiger partial charge on any atom is -0.444 e. The number of nitrogens with one attached hydrogen (secondary N) is 2. The number of likely N-dealkylation sites (tertiary alicyclic amines) is 2. The maximum absolute atomic E-state index is 12.9. The Hall–Kier alpha value is -3.96. The average molecular weight is 630 g/mol. The number of ether oxygens (including phenoxy) is 1. The fraction of sp³-hybridized carbons (Fsp3) is 0.471. The molecule has 3 aromatic heterocycles. The van der Waals surface area contributed by atoms with Crippen LogP contribution in [0.1, 0.15) is 84.9 Å². The predicted octanol–water partition coefficient (Wildman–Crippen LogP) is 6.84. The first-order valence-corrected chi connectivity index (χ1v) is 16.5. The van der Waals surface area contributed by atoms with Crippen molar-refractivity contribution in [3.8, 4) is 32.3 Å². The number of rotatable bonds is 6. The molecule has 2 atom stereocenters. The van der Waals surface area contributed by atoms with E-state index in [2.05, 4.69) is 82.0 Å². The van der Waals surface area contributed by atoms with Gasteiger partial charge in [-0.15, -0.1) is 11.3 Å². The molecule has 45 heavy (non-hydrogen) atoms. The topological polar surface area (TPSA) is 133 Å². The van der Waals surface area contributed by atoms with Crippen LogP contribution in [0.3, 0.4) is 0 Å². The number of nitrogens with two attached hydrogens (primary N) is 1. The Kier molecular flexibility index (Phi) is 7.89. The van der Waals surface area contributed by atoms with Crippen LogP contribution in [0.4, 0.5) is 4.79 Å². The molecule has 4 aromatic rings. The average Bonchev–Trinajstić information content (AvgIpc) is 3.80. The van der Waals surface area contributed by atoms with Gasteiger partial charge in [0.1, 0.15) is 17.2 Å².